The molecule has 136 valence electrons. The van der Waals surface area contributed by atoms with Crippen molar-refractivity contribution in [1.29, 1.82) is 0 Å². The molecule has 0 radical (unpaired) electrons. The molecule has 1 amide bonds. The van der Waals surface area contributed by atoms with Crippen LogP contribution < -0.4 is 0 Å². The van der Waals surface area contributed by atoms with Crippen molar-refractivity contribution in [2.45, 2.75) is 12.3 Å². The number of halogens is 2. The van der Waals surface area contributed by atoms with Crippen LogP contribution in [-0.4, -0.2) is 33.9 Å². The number of pyridine rings is 2. The highest BCUT2D eigenvalue weighted by Crippen LogP contribution is 2.29. The lowest BCUT2D eigenvalue weighted by Crippen LogP contribution is -2.28. The Morgan fingerprint density at radius 1 is 1.19 bits per heavy atom. The zero-order valence-corrected chi connectivity index (χ0v) is 15.2. The van der Waals surface area contributed by atoms with Crippen LogP contribution in [-0.2, 0) is 0 Å². The molecule has 1 unspecified atom stereocenters. The number of aromatic nitrogens is 2. The molecule has 6 heteroatoms. The quantitative estimate of drug-likeness (QED) is 0.624. The van der Waals surface area contributed by atoms with Crippen LogP contribution in [0, 0.1) is 5.95 Å². The van der Waals surface area contributed by atoms with Gasteiger partial charge in [-0.1, -0.05) is 29.8 Å². The summed E-state index contributed by atoms with van der Waals surface area (Å²) in [7, 11) is 0. The van der Waals surface area contributed by atoms with Gasteiger partial charge in [0.05, 0.1) is 5.02 Å². The van der Waals surface area contributed by atoms with Crippen LogP contribution in [0.15, 0.2) is 61.1 Å². The Balaban J connectivity index is 1.49. The van der Waals surface area contributed by atoms with Gasteiger partial charge >= 0.3 is 0 Å². The molecular weight excluding hydrogens is 365 g/mol. The fourth-order valence-electron chi connectivity index (χ4n) is 3.43. The minimum atomic E-state index is -0.586. The van der Waals surface area contributed by atoms with Crippen LogP contribution in [0.1, 0.15) is 28.3 Å². The minimum absolute atomic E-state index is 0.0161. The first-order valence-corrected chi connectivity index (χ1v) is 9.10. The van der Waals surface area contributed by atoms with Crippen molar-refractivity contribution in [2.24, 2.45) is 0 Å². The minimum Gasteiger partial charge on any atom is -0.338 e. The first kappa shape index (κ1) is 17.6. The normalized spacial score (nSPS) is 16.5. The van der Waals surface area contributed by atoms with Crippen LogP contribution in [0.5, 0.6) is 0 Å². The Hall–Kier alpha value is -2.79. The number of carbonyl (C=O) groups excluding carboxylic acids is 1. The highest BCUT2D eigenvalue weighted by Gasteiger charge is 2.28. The Bertz CT molecular complexity index is 963. The van der Waals surface area contributed by atoms with E-state index in [4.69, 9.17) is 11.6 Å². The van der Waals surface area contributed by atoms with E-state index in [-0.39, 0.29) is 5.91 Å². The third-order valence-electron chi connectivity index (χ3n) is 4.88. The maximum atomic E-state index is 13.9. The van der Waals surface area contributed by atoms with E-state index in [1.165, 1.54) is 12.3 Å². The molecule has 0 N–H and O–H groups in total. The standard InChI is InChI=1S/C21H17ClFN3O/c22-18-10-19(20(23)25-12-18)14-3-5-15(6-4-14)21(27)26-9-7-17(13-26)16-2-1-8-24-11-16/h1-6,8,10-12,17H,7,9,13H2. The highest BCUT2D eigenvalue weighted by atomic mass is 35.5. The van der Waals surface area contributed by atoms with Gasteiger partial charge in [-0.2, -0.15) is 4.39 Å². The lowest BCUT2D eigenvalue weighted by molar-refractivity contribution is 0.0791. The third-order valence-corrected chi connectivity index (χ3v) is 5.09. The van der Waals surface area contributed by atoms with Crippen molar-refractivity contribution in [3.63, 3.8) is 0 Å². The summed E-state index contributed by atoms with van der Waals surface area (Å²) in [5, 5.41) is 0.366. The second-order valence-corrected chi connectivity index (χ2v) is 7.03. The number of hydrogen-bond acceptors (Lipinski definition) is 3. The Labute approximate surface area is 161 Å². The number of benzene rings is 1. The number of likely N-dealkylation sites (tertiary alicyclic amines) is 1. The molecule has 0 spiro atoms. The molecule has 3 aromatic rings. The van der Waals surface area contributed by atoms with Gasteiger partial charge in [0.2, 0.25) is 5.95 Å². The van der Waals surface area contributed by atoms with Crippen LogP contribution >= 0.6 is 11.6 Å². The van der Waals surface area contributed by atoms with E-state index >= 15 is 0 Å². The topological polar surface area (TPSA) is 46.1 Å². The largest absolute Gasteiger partial charge is 0.338 e. The fraction of sp³-hybridized carbons (Fsp3) is 0.190. The van der Waals surface area contributed by atoms with E-state index in [0.717, 1.165) is 12.0 Å². The van der Waals surface area contributed by atoms with E-state index in [2.05, 4.69) is 9.97 Å². The summed E-state index contributed by atoms with van der Waals surface area (Å²) < 4.78 is 13.9. The Morgan fingerprint density at radius 2 is 2.00 bits per heavy atom. The molecule has 3 heterocycles. The van der Waals surface area contributed by atoms with Crippen molar-refractivity contribution in [3.8, 4) is 11.1 Å². The molecule has 1 atom stereocenters. The summed E-state index contributed by atoms with van der Waals surface area (Å²) in [4.78, 5) is 22.4. The van der Waals surface area contributed by atoms with Gasteiger partial charge in [0.1, 0.15) is 0 Å². The summed E-state index contributed by atoms with van der Waals surface area (Å²) in [6, 6.07) is 12.4. The lowest BCUT2D eigenvalue weighted by Gasteiger charge is -2.17. The molecule has 4 rings (SSSR count). The van der Waals surface area contributed by atoms with Crippen LogP contribution in [0.4, 0.5) is 4.39 Å². The average Bonchev–Trinajstić information content (AvgIpc) is 3.20. The summed E-state index contributed by atoms with van der Waals surface area (Å²) in [6.07, 6.45) is 5.81. The third kappa shape index (κ3) is 3.69. The second kappa shape index (κ2) is 7.45. The van der Waals surface area contributed by atoms with Gasteiger partial charge in [0, 0.05) is 48.7 Å². The number of carbonyl (C=O) groups is 1. The molecule has 0 bridgehead atoms. The van der Waals surface area contributed by atoms with Crippen molar-refractivity contribution >= 4 is 17.5 Å². The molecule has 4 nitrogen and oxygen atoms in total. The molecule has 2 aromatic heterocycles. The van der Waals surface area contributed by atoms with Crippen LogP contribution in [0.2, 0.25) is 5.02 Å². The molecule has 1 fully saturated rings. The van der Waals surface area contributed by atoms with Crippen molar-refractivity contribution < 1.29 is 9.18 Å². The number of amides is 1. The summed E-state index contributed by atoms with van der Waals surface area (Å²) in [6.45, 7) is 1.39. The first-order valence-electron chi connectivity index (χ1n) is 8.72. The van der Waals surface area contributed by atoms with Gasteiger partial charge in [-0.05, 0) is 41.8 Å². The molecule has 1 aromatic carbocycles. The number of nitrogens with zero attached hydrogens (tertiary/aromatic N) is 3. The zero-order valence-electron chi connectivity index (χ0n) is 14.5. The summed E-state index contributed by atoms with van der Waals surface area (Å²) >= 11 is 5.90. The van der Waals surface area contributed by atoms with Gasteiger partial charge in [-0.3, -0.25) is 9.78 Å². The van der Waals surface area contributed by atoms with Gasteiger partial charge in [0.25, 0.3) is 5.91 Å². The zero-order chi connectivity index (χ0) is 18.8. The predicted octanol–water partition coefficient (Wildman–Crippen LogP) is 4.57. The van der Waals surface area contributed by atoms with Gasteiger partial charge in [0.15, 0.2) is 0 Å². The van der Waals surface area contributed by atoms with Crippen molar-refractivity contribution in [1.82, 2.24) is 14.9 Å². The van der Waals surface area contributed by atoms with Gasteiger partial charge in [-0.15, -0.1) is 0 Å². The molecule has 1 aliphatic heterocycles. The smallest absolute Gasteiger partial charge is 0.253 e. The van der Waals surface area contributed by atoms with E-state index in [1.807, 2.05) is 23.2 Å². The van der Waals surface area contributed by atoms with Crippen molar-refractivity contribution in [2.75, 3.05) is 13.1 Å². The fourth-order valence-corrected chi connectivity index (χ4v) is 3.59. The van der Waals surface area contributed by atoms with Crippen LogP contribution in [0.25, 0.3) is 11.1 Å². The number of rotatable bonds is 3. The monoisotopic (exact) mass is 381 g/mol. The van der Waals surface area contributed by atoms with Gasteiger partial charge < -0.3 is 4.90 Å². The molecule has 0 aliphatic carbocycles. The second-order valence-electron chi connectivity index (χ2n) is 6.59. The summed E-state index contributed by atoms with van der Waals surface area (Å²) in [5.74, 6) is -0.288. The predicted molar refractivity (Wildman–Crippen MR) is 102 cm³/mol. The Morgan fingerprint density at radius 3 is 2.74 bits per heavy atom. The van der Waals surface area contributed by atoms with Crippen LogP contribution in [0.3, 0.4) is 0 Å². The molecule has 27 heavy (non-hydrogen) atoms. The molecule has 0 saturated carbocycles. The lowest BCUT2D eigenvalue weighted by atomic mass is 10.0. The van der Waals surface area contributed by atoms with Gasteiger partial charge in [-0.25, -0.2) is 4.98 Å². The van der Waals surface area contributed by atoms with E-state index in [1.54, 1.807) is 30.5 Å². The molecular formula is C21H17ClFN3O. The van der Waals surface area contributed by atoms with E-state index < -0.39 is 5.95 Å². The van der Waals surface area contributed by atoms with E-state index in [0.29, 0.717) is 40.7 Å². The first-order chi connectivity index (χ1) is 13.1. The summed E-state index contributed by atoms with van der Waals surface area (Å²) in [5.41, 5.74) is 2.70. The Kier molecular flexibility index (Phi) is 4.86. The average molecular weight is 382 g/mol. The number of hydrogen-bond donors (Lipinski definition) is 0. The molecule has 1 saturated heterocycles. The van der Waals surface area contributed by atoms with E-state index in [9.17, 15) is 9.18 Å². The molecule has 1 aliphatic rings. The maximum Gasteiger partial charge on any atom is 0.253 e. The van der Waals surface area contributed by atoms with Crippen molar-refractivity contribution in [3.05, 3.63) is 83.2 Å². The SMILES string of the molecule is O=C(c1ccc(-c2cc(Cl)cnc2F)cc1)N1CCC(c2cccnc2)C1. The maximum absolute atomic E-state index is 13.9. The highest BCUT2D eigenvalue weighted by molar-refractivity contribution is 6.30.